The molecule has 0 aromatic carbocycles. The van der Waals surface area contributed by atoms with E-state index in [1.807, 2.05) is 77.9 Å². The zero-order chi connectivity index (χ0) is 25.2. The maximum absolute atomic E-state index is 9.88. The van der Waals surface area contributed by atoms with Gasteiger partial charge >= 0.3 is 26.4 Å². The summed E-state index contributed by atoms with van der Waals surface area (Å²) >= 11 is 0. The van der Waals surface area contributed by atoms with Gasteiger partial charge in [-0.2, -0.15) is 0 Å². The van der Waals surface area contributed by atoms with Gasteiger partial charge in [-0.05, 0) is 31.7 Å². The van der Waals surface area contributed by atoms with Gasteiger partial charge in [-0.15, -0.1) is 11.6 Å². The Morgan fingerprint density at radius 1 is 0.806 bits per heavy atom. The van der Waals surface area contributed by atoms with Crippen molar-refractivity contribution in [2.24, 2.45) is 0 Å². The van der Waals surface area contributed by atoms with Gasteiger partial charge in [0.1, 0.15) is 5.82 Å². The molecule has 0 N–H and O–H groups in total. The molecule has 8 bridgehead atoms. The average molecular weight is 567 g/mol. The molecule has 36 heavy (non-hydrogen) atoms. The van der Waals surface area contributed by atoms with E-state index < -0.39 is 16.2 Å². The van der Waals surface area contributed by atoms with E-state index in [9.17, 15) is 5.26 Å². The predicted octanol–water partition coefficient (Wildman–Crippen LogP) is 4.76. The van der Waals surface area contributed by atoms with Crippen molar-refractivity contribution in [1.29, 1.82) is 5.26 Å². The number of hydrogen-bond donors (Lipinski definition) is 0. The molecule has 0 unspecified atom stereocenters. The second-order valence-electron chi connectivity index (χ2n) is 10.3. The molecular formula is C27H24N8Pd. The minimum absolute atomic E-state index is 0. The summed E-state index contributed by atoms with van der Waals surface area (Å²) in [6.45, 7) is 20.0. The summed E-state index contributed by atoms with van der Waals surface area (Å²) in [5.41, 5.74) is 0.966. The third kappa shape index (κ3) is 3.59. The summed E-state index contributed by atoms with van der Waals surface area (Å²) in [5.74, 6) is 1.52. The van der Waals surface area contributed by atoms with E-state index in [1.54, 1.807) is 9.13 Å². The second-order valence-corrected chi connectivity index (χ2v) is 10.3. The van der Waals surface area contributed by atoms with Crippen LogP contribution in [0, 0.1) is 30.3 Å². The van der Waals surface area contributed by atoms with Crippen LogP contribution >= 0.6 is 0 Å². The fraction of sp³-hybridized carbons (Fsp3) is 0.333. The van der Waals surface area contributed by atoms with Crippen molar-refractivity contribution < 1.29 is 20.4 Å². The monoisotopic (exact) mass is 566 g/mol. The third-order valence-electron chi connectivity index (χ3n) is 7.43. The van der Waals surface area contributed by atoms with Crippen molar-refractivity contribution in [3.63, 3.8) is 0 Å². The first kappa shape index (κ1) is 25.5. The molecule has 0 spiro atoms. The van der Waals surface area contributed by atoms with Crippen molar-refractivity contribution in [2.75, 3.05) is 0 Å². The molecule has 0 saturated carbocycles. The molecule has 1 aliphatic heterocycles. The van der Waals surface area contributed by atoms with E-state index in [4.69, 9.17) is 16.5 Å². The Balaban J connectivity index is 0.00000304. The van der Waals surface area contributed by atoms with Gasteiger partial charge in [0.25, 0.3) is 0 Å². The molecule has 0 saturated heterocycles. The second kappa shape index (κ2) is 8.49. The number of imidazole rings is 2. The van der Waals surface area contributed by atoms with Gasteiger partial charge in [0, 0.05) is 39.6 Å². The van der Waals surface area contributed by atoms with Gasteiger partial charge in [0.2, 0.25) is 0 Å². The number of nitrogens with zero attached hydrogens (tertiary/aromatic N) is 8. The van der Waals surface area contributed by atoms with Crippen molar-refractivity contribution in [3.05, 3.63) is 88.8 Å². The molecule has 5 rings (SSSR count). The Hall–Kier alpha value is -3.64. The quantitative estimate of drug-likeness (QED) is 0.226. The number of hydrogen-bond acceptors (Lipinski definition) is 5. The number of rotatable bonds is 0. The van der Waals surface area contributed by atoms with Gasteiger partial charge in [0.15, 0.2) is 0 Å². The summed E-state index contributed by atoms with van der Waals surface area (Å²) in [6, 6.07) is 13.6. The molecule has 4 aromatic rings. The van der Waals surface area contributed by atoms with E-state index in [-0.39, 0.29) is 32.2 Å². The van der Waals surface area contributed by atoms with E-state index in [0.717, 1.165) is 11.4 Å². The van der Waals surface area contributed by atoms with E-state index in [1.165, 1.54) is 0 Å². The van der Waals surface area contributed by atoms with Crippen LogP contribution in [0.5, 0.6) is 0 Å². The standard InChI is InChI=1S/C27H24N8.Pd/c1-25(2)17-10-8-12-21(30-17)34-15-19(32-23(34)14-28)26(3,4)27(5,6)20-16-35(24(29-7)33-20)22-13-9-11-18(25)31-22;/h8-13H,1-6H3;/q-2;+2. The minimum Gasteiger partial charge on any atom is -0.438 e. The molecule has 0 atom stereocenters. The first-order valence-corrected chi connectivity index (χ1v) is 11.3. The van der Waals surface area contributed by atoms with Gasteiger partial charge in [-0.3, -0.25) is 9.97 Å². The summed E-state index contributed by atoms with van der Waals surface area (Å²) in [4.78, 5) is 22.8. The topological polar surface area (TPSA) is 89.6 Å². The Kier molecular flexibility index (Phi) is 6.00. The first-order valence-electron chi connectivity index (χ1n) is 11.3. The average Bonchev–Trinajstić information content (AvgIpc) is 3.49. The van der Waals surface area contributed by atoms with Gasteiger partial charge in [-0.25, -0.2) is 5.26 Å². The number of fused-ring (bicyclic) bond motifs is 10. The van der Waals surface area contributed by atoms with Crippen LogP contribution in [0.15, 0.2) is 36.4 Å². The van der Waals surface area contributed by atoms with Gasteiger partial charge < -0.3 is 19.0 Å². The molecule has 5 heterocycles. The maximum atomic E-state index is 9.88. The van der Waals surface area contributed by atoms with Crippen LogP contribution in [0.3, 0.4) is 0 Å². The van der Waals surface area contributed by atoms with Crippen LogP contribution in [0.4, 0.5) is 5.95 Å². The van der Waals surface area contributed by atoms with Crippen LogP contribution in [-0.2, 0) is 36.7 Å². The summed E-state index contributed by atoms with van der Waals surface area (Å²) in [5, 5.41) is 9.88. The smallest absolute Gasteiger partial charge is 0.438 e. The van der Waals surface area contributed by atoms with Gasteiger partial charge in [0.05, 0.1) is 17.6 Å². The first-order chi connectivity index (χ1) is 16.5. The maximum Gasteiger partial charge on any atom is 2.00 e. The van der Waals surface area contributed by atoms with Crippen LogP contribution in [0.25, 0.3) is 16.5 Å². The molecule has 4 aromatic heterocycles. The number of nitriles is 1. The molecule has 0 amide bonds. The van der Waals surface area contributed by atoms with Crippen molar-refractivity contribution >= 4 is 5.95 Å². The molecule has 0 fully saturated rings. The largest absolute Gasteiger partial charge is 2.00 e. The van der Waals surface area contributed by atoms with Crippen LogP contribution in [-0.4, -0.2) is 29.1 Å². The third-order valence-corrected chi connectivity index (χ3v) is 7.43. The summed E-state index contributed by atoms with van der Waals surface area (Å²) in [7, 11) is 0. The predicted molar refractivity (Wildman–Crippen MR) is 130 cm³/mol. The normalized spacial score (nSPS) is 16.4. The number of pyridine rings is 2. The summed E-state index contributed by atoms with van der Waals surface area (Å²) < 4.78 is 3.23. The molecule has 182 valence electrons. The fourth-order valence-electron chi connectivity index (χ4n) is 4.22. The number of aromatic nitrogens is 6. The molecule has 8 nitrogen and oxygen atoms in total. The Labute approximate surface area is 224 Å². The zero-order valence-electron chi connectivity index (χ0n) is 20.9. The van der Waals surface area contributed by atoms with E-state index in [2.05, 4.69) is 33.3 Å². The molecule has 0 radical (unpaired) electrons. The Morgan fingerprint density at radius 3 is 1.83 bits per heavy atom. The fourth-order valence-corrected chi connectivity index (χ4v) is 4.22. The minimum atomic E-state index is -0.620. The molecule has 9 heteroatoms. The molecule has 1 aliphatic rings. The van der Waals surface area contributed by atoms with E-state index in [0.29, 0.717) is 23.0 Å². The molecular weight excluding hydrogens is 543 g/mol. The summed E-state index contributed by atoms with van der Waals surface area (Å²) in [6.07, 6.45) is 6.63. The van der Waals surface area contributed by atoms with Crippen molar-refractivity contribution in [1.82, 2.24) is 29.1 Å². The van der Waals surface area contributed by atoms with E-state index >= 15 is 0 Å². The molecule has 0 aliphatic carbocycles. The van der Waals surface area contributed by atoms with Gasteiger partial charge in [-0.1, -0.05) is 58.2 Å². The Morgan fingerprint density at radius 2 is 1.31 bits per heavy atom. The van der Waals surface area contributed by atoms with Crippen molar-refractivity contribution in [3.8, 4) is 17.7 Å². The van der Waals surface area contributed by atoms with Crippen LogP contribution < -0.4 is 0 Å². The SMILES string of the molecule is [C-]#[N+]c1nc2[c-]n1-c1cccc(n1)C(C)(C)c1cccc(n1)-n1[c-]c(nc1C#N)C(C)(C)C2(C)C.[Pd+2]. The van der Waals surface area contributed by atoms with Crippen LogP contribution in [0.1, 0.15) is 70.1 Å². The zero-order valence-corrected chi connectivity index (χ0v) is 22.4. The Bertz CT molecular complexity index is 1440. The van der Waals surface area contributed by atoms with Crippen LogP contribution in [0.2, 0.25) is 0 Å². The van der Waals surface area contributed by atoms with Crippen molar-refractivity contribution in [2.45, 2.75) is 57.8 Å².